The SMILES string of the molecule is COC(c1nc(N)c2c(C)c(C)sc2n1)C1CC1. The molecule has 0 aromatic carbocycles. The molecule has 2 N–H and O–H groups in total. The Bertz CT molecular complexity index is 604. The number of aryl methyl sites for hydroxylation is 2. The normalized spacial score (nSPS) is 17.3. The Hall–Kier alpha value is -1.20. The maximum Gasteiger partial charge on any atom is 0.161 e. The van der Waals surface area contributed by atoms with Crippen molar-refractivity contribution in [3.05, 3.63) is 16.3 Å². The van der Waals surface area contributed by atoms with Crippen LogP contribution < -0.4 is 5.73 Å². The van der Waals surface area contributed by atoms with Gasteiger partial charge in [0.25, 0.3) is 0 Å². The number of anilines is 1. The molecule has 0 bridgehead atoms. The number of thiophene rings is 1. The smallest absolute Gasteiger partial charge is 0.161 e. The summed E-state index contributed by atoms with van der Waals surface area (Å²) in [6.07, 6.45) is 2.39. The molecule has 3 rings (SSSR count). The van der Waals surface area contributed by atoms with Gasteiger partial charge in [-0.05, 0) is 38.2 Å². The van der Waals surface area contributed by atoms with Crippen molar-refractivity contribution in [3.8, 4) is 0 Å². The first-order chi connectivity index (χ1) is 8.61. The number of nitrogens with zero attached hydrogens (tertiary/aromatic N) is 2. The van der Waals surface area contributed by atoms with E-state index in [-0.39, 0.29) is 6.10 Å². The number of hydrogen-bond donors (Lipinski definition) is 1. The molecule has 1 aliphatic rings. The van der Waals surface area contributed by atoms with Crippen molar-refractivity contribution in [1.29, 1.82) is 0 Å². The third kappa shape index (κ3) is 1.78. The molecule has 1 unspecified atom stereocenters. The summed E-state index contributed by atoms with van der Waals surface area (Å²) < 4.78 is 5.53. The standard InChI is InChI=1S/C13H17N3OS/c1-6-7(2)18-13-9(6)11(14)15-12(16-13)10(17-3)8-4-5-8/h8,10H,4-5H2,1-3H3,(H2,14,15,16). The molecule has 0 aliphatic heterocycles. The minimum atomic E-state index is -0.000544. The average Bonchev–Trinajstić information content (AvgIpc) is 3.09. The second-order valence-electron chi connectivity index (χ2n) is 4.92. The monoisotopic (exact) mass is 263 g/mol. The minimum Gasteiger partial charge on any atom is -0.383 e. The van der Waals surface area contributed by atoms with Crippen molar-refractivity contribution in [2.24, 2.45) is 5.92 Å². The highest BCUT2D eigenvalue weighted by molar-refractivity contribution is 7.18. The fourth-order valence-corrected chi connectivity index (χ4v) is 3.38. The molecule has 4 nitrogen and oxygen atoms in total. The Labute approximate surface area is 110 Å². The lowest BCUT2D eigenvalue weighted by Crippen LogP contribution is -2.10. The Kier molecular flexibility index (Phi) is 2.75. The fraction of sp³-hybridized carbons (Fsp3) is 0.538. The van der Waals surface area contributed by atoms with Gasteiger partial charge in [0.05, 0.1) is 5.39 Å². The number of fused-ring (bicyclic) bond motifs is 1. The molecule has 1 saturated carbocycles. The highest BCUT2D eigenvalue weighted by Crippen LogP contribution is 2.43. The van der Waals surface area contributed by atoms with Crippen LogP contribution in [0.3, 0.4) is 0 Å². The Morgan fingerprint density at radius 3 is 2.67 bits per heavy atom. The molecule has 0 amide bonds. The number of nitrogens with two attached hydrogens (primary N) is 1. The maximum atomic E-state index is 6.08. The van der Waals surface area contributed by atoms with Gasteiger partial charge < -0.3 is 10.5 Å². The summed E-state index contributed by atoms with van der Waals surface area (Å²) in [4.78, 5) is 11.3. The van der Waals surface area contributed by atoms with E-state index in [0.717, 1.165) is 16.0 Å². The predicted octanol–water partition coefficient (Wildman–Crippen LogP) is 2.99. The lowest BCUT2D eigenvalue weighted by molar-refractivity contribution is 0.0777. The van der Waals surface area contributed by atoms with E-state index in [9.17, 15) is 0 Å². The number of aromatic nitrogens is 2. The lowest BCUT2D eigenvalue weighted by atomic mass is 10.2. The van der Waals surface area contributed by atoms with Gasteiger partial charge in [-0.1, -0.05) is 0 Å². The van der Waals surface area contributed by atoms with E-state index in [0.29, 0.717) is 11.7 Å². The Morgan fingerprint density at radius 2 is 2.06 bits per heavy atom. The summed E-state index contributed by atoms with van der Waals surface area (Å²) in [6.45, 7) is 4.16. The van der Waals surface area contributed by atoms with E-state index in [2.05, 4.69) is 23.8 Å². The van der Waals surface area contributed by atoms with Crippen LogP contribution in [0.4, 0.5) is 5.82 Å². The zero-order valence-electron chi connectivity index (χ0n) is 10.9. The summed E-state index contributed by atoms with van der Waals surface area (Å²) in [5.74, 6) is 1.89. The molecule has 0 spiro atoms. The van der Waals surface area contributed by atoms with Gasteiger partial charge in [0.15, 0.2) is 5.82 Å². The molecule has 1 aliphatic carbocycles. The zero-order chi connectivity index (χ0) is 12.9. The van der Waals surface area contributed by atoms with Gasteiger partial charge in [0.2, 0.25) is 0 Å². The molecule has 96 valence electrons. The first-order valence-electron chi connectivity index (χ1n) is 6.17. The number of hydrogen-bond acceptors (Lipinski definition) is 5. The predicted molar refractivity (Wildman–Crippen MR) is 73.8 cm³/mol. The van der Waals surface area contributed by atoms with Crippen LogP contribution in [0.5, 0.6) is 0 Å². The van der Waals surface area contributed by atoms with Crippen LogP contribution in [0.1, 0.15) is 35.2 Å². The first-order valence-corrected chi connectivity index (χ1v) is 6.99. The van der Waals surface area contributed by atoms with E-state index in [1.807, 2.05) is 0 Å². The molecular formula is C13H17N3OS. The van der Waals surface area contributed by atoms with Gasteiger partial charge in [-0.2, -0.15) is 0 Å². The van der Waals surface area contributed by atoms with Crippen LogP contribution in [-0.2, 0) is 4.74 Å². The highest BCUT2D eigenvalue weighted by Gasteiger charge is 2.35. The Morgan fingerprint density at radius 1 is 1.33 bits per heavy atom. The first kappa shape index (κ1) is 11.9. The van der Waals surface area contributed by atoms with Crippen molar-refractivity contribution in [3.63, 3.8) is 0 Å². The van der Waals surface area contributed by atoms with Crippen molar-refractivity contribution >= 4 is 27.4 Å². The van der Waals surface area contributed by atoms with Crippen LogP contribution in [0.15, 0.2) is 0 Å². The second-order valence-corrected chi connectivity index (χ2v) is 6.13. The molecule has 5 heteroatoms. The third-order valence-electron chi connectivity index (χ3n) is 3.63. The molecule has 0 saturated heterocycles. The molecule has 2 aromatic heterocycles. The molecule has 1 atom stereocenters. The largest absolute Gasteiger partial charge is 0.383 e. The lowest BCUT2D eigenvalue weighted by Gasteiger charge is -2.13. The van der Waals surface area contributed by atoms with Crippen LogP contribution in [-0.4, -0.2) is 17.1 Å². The summed E-state index contributed by atoms with van der Waals surface area (Å²) in [5.41, 5.74) is 7.28. The highest BCUT2D eigenvalue weighted by atomic mass is 32.1. The molecular weight excluding hydrogens is 246 g/mol. The minimum absolute atomic E-state index is 0.000544. The van der Waals surface area contributed by atoms with E-state index in [4.69, 9.17) is 10.5 Å². The fourth-order valence-electron chi connectivity index (χ4n) is 2.33. The van der Waals surface area contributed by atoms with Gasteiger partial charge >= 0.3 is 0 Å². The van der Waals surface area contributed by atoms with Gasteiger partial charge in [0, 0.05) is 12.0 Å². The summed E-state index contributed by atoms with van der Waals surface area (Å²) in [6, 6.07) is 0. The quantitative estimate of drug-likeness (QED) is 0.924. The van der Waals surface area contributed by atoms with Crippen LogP contribution in [0, 0.1) is 19.8 Å². The summed E-state index contributed by atoms with van der Waals surface area (Å²) in [7, 11) is 1.72. The van der Waals surface area contributed by atoms with E-state index in [1.54, 1.807) is 18.4 Å². The van der Waals surface area contributed by atoms with Crippen molar-refractivity contribution in [2.75, 3.05) is 12.8 Å². The molecule has 18 heavy (non-hydrogen) atoms. The summed E-state index contributed by atoms with van der Waals surface area (Å²) in [5, 5.41) is 1.01. The number of methoxy groups -OCH3 is 1. The van der Waals surface area contributed by atoms with Crippen molar-refractivity contribution < 1.29 is 4.74 Å². The average molecular weight is 263 g/mol. The molecule has 2 aromatic rings. The third-order valence-corrected chi connectivity index (χ3v) is 4.73. The number of ether oxygens (including phenoxy) is 1. The molecule has 2 heterocycles. The maximum absolute atomic E-state index is 6.08. The summed E-state index contributed by atoms with van der Waals surface area (Å²) >= 11 is 1.68. The van der Waals surface area contributed by atoms with E-state index < -0.39 is 0 Å². The zero-order valence-corrected chi connectivity index (χ0v) is 11.7. The number of rotatable bonds is 3. The van der Waals surface area contributed by atoms with Gasteiger partial charge in [-0.15, -0.1) is 11.3 Å². The Balaban J connectivity index is 2.14. The van der Waals surface area contributed by atoms with Crippen LogP contribution in [0.25, 0.3) is 10.2 Å². The van der Waals surface area contributed by atoms with Crippen LogP contribution >= 0.6 is 11.3 Å². The van der Waals surface area contributed by atoms with Crippen molar-refractivity contribution in [1.82, 2.24) is 9.97 Å². The van der Waals surface area contributed by atoms with E-state index >= 15 is 0 Å². The van der Waals surface area contributed by atoms with Crippen LogP contribution in [0.2, 0.25) is 0 Å². The van der Waals surface area contributed by atoms with E-state index in [1.165, 1.54) is 23.3 Å². The number of nitrogen functional groups attached to an aromatic ring is 1. The van der Waals surface area contributed by atoms with Crippen molar-refractivity contribution in [2.45, 2.75) is 32.8 Å². The van der Waals surface area contributed by atoms with Gasteiger partial charge in [-0.25, -0.2) is 9.97 Å². The topological polar surface area (TPSA) is 61.0 Å². The van der Waals surface area contributed by atoms with Gasteiger partial charge in [-0.3, -0.25) is 0 Å². The molecule has 1 fully saturated rings. The molecule has 0 radical (unpaired) electrons. The second kappa shape index (κ2) is 4.17. The van der Waals surface area contributed by atoms with Gasteiger partial charge in [0.1, 0.15) is 16.8 Å².